The Morgan fingerprint density at radius 3 is 2.73 bits per heavy atom. The molecule has 1 saturated carbocycles. The highest BCUT2D eigenvalue weighted by molar-refractivity contribution is 9.11. The second-order valence-electron chi connectivity index (χ2n) is 4.28. The molecule has 0 amide bonds. The Morgan fingerprint density at radius 1 is 1.27 bits per heavy atom. The lowest BCUT2D eigenvalue weighted by Crippen LogP contribution is -2.21. The molecular formula is C12H15Br2N. The van der Waals surface area contributed by atoms with E-state index in [4.69, 9.17) is 0 Å². The molecule has 1 fully saturated rings. The van der Waals surface area contributed by atoms with Crippen molar-refractivity contribution in [1.82, 2.24) is 0 Å². The third-order valence-electron chi connectivity index (χ3n) is 3.13. The predicted octanol–water partition coefficient (Wildman–Crippen LogP) is 4.81. The minimum absolute atomic E-state index is 0.635. The maximum Gasteiger partial charge on any atom is 0.0498 e. The Labute approximate surface area is 108 Å². The van der Waals surface area contributed by atoms with E-state index in [0.717, 1.165) is 14.9 Å². The van der Waals surface area contributed by atoms with Crippen LogP contribution in [0.5, 0.6) is 0 Å². The van der Waals surface area contributed by atoms with E-state index in [2.05, 4.69) is 56.2 Å². The van der Waals surface area contributed by atoms with Crippen LogP contribution in [-0.2, 0) is 0 Å². The zero-order valence-corrected chi connectivity index (χ0v) is 11.9. The first-order chi connectivity index (χ1) is 7.16. The summed E-state index contributed by atoms with van der Waals surface area (Å²) >= 11 is 7.07. The summed E-state index contributed by atoms with van der Waals surface area (Å²) in [6.45, 7) is 2.33. The molecule has 1 aliphatic rings. The molecule has 82 valence electrons. The summed E-state index contributed by atoms with van der Waals surface area (Å²) in [6.07, 6.45) is 3.99. The van der Waals surface area contributed by atoms with Gasteiger partial charge in [0.1, 0.15) is 0 Å². The fourth-order valence-corrected chi connectivity index (χ4v) is 2.89. The molecule has 15 heavy (non-hydrogen) atoms. The van der Waals surface area contributed by atoms with Gasteiger partial charge in [0, 0.05) is 20.7 Å². The molecule has 1 aromatic rings. The van der Waals surface area contributed by atoms with E-state index in [0.29, 0.717) is 6.04 Å². The number of nitrogens with one attached hydrogen (secondary N) is 1. The predicted molar refractivity (Wildman–Crippen MR) is 72.3 cm³/mol. The molecule has 0 saturated heterocycles. The van der Waals surface area contributed by atoms with Gasteiger partial charge in [-0.1, -0.05) is 29.3 Å². The number of hydrogen-bond donors (Lipinski definition) is 1. The van der Waals surface area contributed by atoms with Gasteiger partial charge in [0.25, 0.3) is 0 Å². The van der Waals surface area contributed by atoms with E-state index in [1.54, 1.807) is 0 Å². The molecule has 3 heteroatoms. The van der Waals surface area contributed by atoms with E-state index >= 15 is 0 Å². The minimum atomic E-state index is 0.635. The fourth-order valence-electron chi connectivity index (χ4n) is 2.17. The first-order valence-corrected chi connectivity index (χ1v) is 6.97. The quantitative estimate of drug-likeness (QED) is 0.819. The number of benzene rings is 1. The molecule has 0 aromatic heterocycles. The first kappa shape index (κ1) is 11.5. The normalized spacial score (nSPS) is 25.5. The molecule has 1 nitrogen and oxygen atoms in total. The van der Waals surface area contributed by atoms with Gasteiger partial charge in [-0.2, -0.15) is 0 Å². The van der Waals surface area contributed by atoms with E-state index < -0.39 is 0 Å². The van der Waals surface area contributed by atoms with Crippen LogP contribution in [0, 0.1) is 5.92 Å². The fraction of sp³-hybridized carbons (Fsp3) is 0.500. The molecule has 2 atom stereocenters. The van der Waals surface area contributed by atoms with Gasteiger partial charge in [-0.3, -0.25) is 0 Å². The van der Waals surface area contributed by atoms with Crippen molar-refractivity contribution in [2.45, 2.75) is 32.2 Å². The summed E-state index contributed by atoms with van der Waals surface area (Å²) in [7, 11) is 0. The van der Waals surface area contributed by atoms with Crippen LogP contribution in [0.3, 0.4) is 0 Å². The highest BCUT2D eigenvalue weighted by atomic mass is 79.9. The van der Waals surface area contributed by atoms with Gasteiger partial charge in [0.05, 0.1) is 0 Å². The summed E-state index contributed by atoms with van der Waals surface area (Å²) in [6, 6.07) is 6.89. The number of rotatable bonds is 2. The monoisotopic (exact) mass is 331 g/mol. The van der Waals surface area contributed by atoms with Gasteiger partial charge in [-0.25, -0.2) is 0 Å². The summed E-state index contributed by atoms with van der Waals surface area (Å²) in [4.78, 5) is 0. The van der Waals surface area contributed by atoms with Gasteiger partial charge in [0.15, 0.2) is 0 Å². The lowest BCUT2D eigenvalue weighted by atomic mass is 10.1. The Morgan fingerprint density at radius 2 is 2.07 bits per heavy atom. The van der Waals surface area contributed by atoms with Crippen molar-refractivity contribution in [3.05, 3.63) is 27.1 Å². The van der Waals surface area contributed by atoms with Crippen molar-refractivity contribution in [3.8, 4) is 0 Å². The van der Waals surface area contributed by atoms with Crippen LogP contribution in [0.2, 0.25) is 0 Å². The molecule has 2 unspecified atom stereocenters. The minimum Gasteiger partial charge on any atom is -0.381 e. The van der Waals surface area contributed by atoms with Crippen LogP contribution >= 0.6 is 31.9 Å². The van der Waals surface area contributed by atoms with Crippen LogP contribution in [-0.4, -0.2) is 6.04 Å². The summed E-state index contributed by atoms with van der Waals surface area (Å²) < 4.78 is 2.27. The topological polar surface area (TPSA) is 12.0 Å². The van der Waals surface area contributed by atoms with E-state index in [-0.39, 0.29) is 0 Å². The average molecular weight is 333 g/mol. The molecule has 2 rings (SSSR count). The number of hydrogen-bond acceptors (Lipinski definition) is 1. The summed E-state index contributed by atoms with van der Waals surface area (Å²) in [5, 5.41) is 3.62. The molecular weight excluding hydrogens is 318 g/mol. The highest BCUT2D eigenvalue weighted by Gasteiger charge is 2.23. The highest BCUT2D eigenvalue weighted by Crippen LogP contribution is 2.32. The second-order valence-corrected chi connectivity index (χ2v) is 6.05. The molecule has 1 N–H and O–H groups in total. The van der Waals surface area contributed by atoms with Crippen molar-refractivity contribution in [3.63, 3.8) is 0 Å². The van der Waals surface area contributed by atoms with Crippen molar-refractivity contribution in [2.24, 2.45) is 5.92 Å². The zero-order valence-electron chi connectivity index (χ0n) is 8.76. The van der Waals surface area contributed by atoms with Gasteiger partial charge >= 0.3 is 0 Å². The van der Waals surface area contributed by atoms with Crippen LogP contribution in [0.4, 0.5) is 5.69 Å². The molecule has 1 aromatic carbocycles. The summed E-state index contributed by atoms with van der Waals surface area (Å²) in [5.74, 6) is 0.788. The zero-order chi connectivity index (χ0) is 10.8. The van der Waals surface area contributed by atoms with Crippen molar-refractivity contribution < 1.29 is 0 Å². The molecule has 0 aliphatic heterocycles. The third-order valence-corrected chi connectivity index (χ3v) is 4.32. The molecule has 0 heterocycles. The average Bonchev–Trinajstić information content (AvgIpc) is 2.58. The SMILES string of the molecule is CC1CCCC1Nc1cc(Br)ccc1Br. The van der Waals surface area contributed by atoms with Gasteiger partial charge in [-0.05, 0) is 52.9 Å². The Kier molecular flexibility index (Phi) is 3.73. The first-order valence-electron chi connectivity index (χ1n) is 5.38. The largest absolute Gasteiger partial charge is 0.381 e. The van der Waals surface area contributed by atoms with E-state index in [1.807, 2.05) is 6.07 Å². The molecule has 0 bridgehead atoms. The van der Waals surface area contributed by atoms with E-state index in [1.165, 1.54) is 24.9 Å². The maximum atomic E-state index is 3.62. The van der Waals surface area contributed by atoms with Crippen molar-refractivity contribution in [2.75, 3.05) is 5.32 Å². The smallest absolute Gasteiger partial charge is 0.0498 e. The number of halogens is 2. The van der Waals surface area contributed by atoms with Crippen LogP contribution < -0.4 is 5.32 Å². The molecule has 1 aliphatic carbocycles. The van der Waals surface area contributed by atoms with Crippen molar-refractivity contribution in [1.29, 1.82) is 0 Å². The molecule has 0 radical (unpaired) electrons. The lowest BCUT2D eigenvalue weighted by Gasteiger charge is -2.19. The Bertz CT molecular complexity index is 351. The van der Waals surface area contributed by atoms with Gasteiger partial charge in [0.2, 0.25) is 0 Å². The van der Waals surface area contributed by atoms with Gasteiger partial charge < -0.3 is 5.32 Å². The Hall–Kier alpha value is -0.0200. The molecule has 0 spiro atoms. The second kappa shape index (κ2) is 4.88. The Balaban J connectivity index is 2.12. The van der Waals surface area contributed by atoms with Crippen molar-refractivity contribution >= 4 is 37.5 Å². The number of anilines is 1. The van der Waals surface area contributed by atoms with Crippen LogP contribution in [0.15, 0.2) is 27.1 Å². The third kappa shape index (κ3) is 2.76. The lowest BCUT2D eigenvalue weighted by molar-refractivity contribution is 0.556. The summed E-state index contributed by atoms with van der Waals surface area (Å²) in [5.41, 5.74) is 1.20. The van der Waals surface area contributed by atoms with Crippen LogP contribution in [0.1, 0.15) is 26.2 Å². The maximum absolute atomic E-state index is 3.62. The standard InChI is InChI=1S/C12H15Br2N/c1-8-3-2-4-11(8)15-12-7-9(13)5-6-10(12)14/h5-8,11,15H,2-4H2,1H3. The van der Waals surface area contributed by atoms with Crippen LogP contribution in [0.25, 0.3) is 0 Å². The van der Waals surface area contributed by atoms with Gasteiger partial charge in [-0.15, -0.1) is 0 Å². The van der Waals surface area contributed by atoms with E-state index in [9.17, 15) is 0 Å².